The molecule has 1 saturated heterocycles. The highest BCUT2D eigenvalue weighted by atomic mass is 79.9. The van der Waals surface area contributed by atoms with Crippen LogP contribution in [-0.2, 0) is 20.9 Å². The first-order chi connectivity index (χ1) is 10.2. The number of nitrogens with zero attached hydrogens (tertiary/aromatic N) is 2. The van der Waals surface area contributed by atoms with Crippen molar-refractivity contribution in [3.05, 3.63) is 28.2 Å². The number of anilines is 1. The zero-order valence-electron chi connectivity index (χ0n) is 11.9. The molecule has 5 nitrogen and oxygen atoms in total. The quantitative estimate of drug-likeness (QED) is 0.827. The smallest absolute Gasteiger partial charge is 0.253 e. The van der Waals surface area contributed by atoms with Crippen molar-refractivity contribution in [3.8, 4) is 0 Å². The summed E-state index contributed by atoms with van der Waals surface area (Å²) >= 11 is 3.47. The molecule has 1 amide bonds. The molecule has 0 radical (unpaired) electrons. The molecule has 2 heterocycles. The fraction of sp³-hybridized carbons (Fsp3) is 0.533. The van der Waals surface area contributed by atoms with Gasteiger partial charge in [-0.25, -0.2) is 0 Å². The standard InChI is InChI=1S/C15H19BrN2O3/c16-13-1-2-14-12(9-13)10-21-11-15(19)18(14)4-3-17-5-7-20-8-6-17/h1-2,9H,3-8,10-11H2. The van der Waals surface area contributed by atoms with E-state index in [1.807, 2.05) is 23.1 Å². The van der Waals surface area contributed by atoms with E-state index in [4.69, 9.17) is 9.47 Å². The third-order valence-corrected chi connectivity index (χ3v) is 4.35. The van der Waals surface area contributed by atoms with E-state index in [1.165, 1.54) is 0 Å². The molecule has 6 heteroatoms. The largest absolute Gasteiger partial charge is 0.379 e. The summed E-state index contributed by atoms with van der Waals surface area (Å²) in [4.78, 5) is 16.5. The number of carbonyl (C=O) groups is 1. The lowest BCUT2D eigenvalue weighted by Crippen LogP contribution is -2.43. The molecule has 3 rings (SSSR count). The summed E-state index contributed by atoms with van der Waals surface area (Å²) in [5.41, 5.74) is 2.02. The van der Waals surface area contributed by atoms with E-state index in [2.05, 4.69) is 20.8 Å². The summed E-state index contributed by atoms with van der Waals surface area (Å²) in [6.45, 7) is 5.62. The zero-order valence-corrected chi connectivity index (χ0v) is 13.5. The maximum Gasteiger partial charge on any atom is 0.253 e. The Morgan fingerprint density at radius 3 is 2.71 bits per heavy atom. The van der Waals surface area contributed by atoms with Crippen LogP contribution in [0.2, 0.25) is 0 Å². The molecule has 2 aliphatic rings. The number of hydrogen-bond acceptors (Lipinski definition) is 4. The fourth-order valence-electron chi connectivity index (χ4n) is 2.70. The lowest BCUT2D eigenvalue weighted by molar-refractivity contribution is -0.123. The SMILES string of the molecule is O=C1COCc2cc(Br)ccc2N1CCN1CCOCC1. The van der Waals surface area contributed by atoms with Crippen LogP contribution in [0.15, 0.2) is 22.7 Å². The van der Waals surface area contributed by atoms with Crippen molar-refractivity contribution >= 4 is 27.5 Å². The van der Waals surface area contributed by atoms with Gasteiger partial charge in [0.1, 0.15) is 6.61 Å². The van der Waals surface area contributed by atoms with E-state index in [0.29, 0.717) is 13.2 Å². The second-order valence-electron chi connectivity index (χ2n) is 5.27. The molecule has 114 valence electrons. The number of rotatable bonds is 3. The van der Waals surface area contributed by atoms with Crippen LogP contribution in [0.4, 0.5) is 5.69 Å². The first kappa shape index (κ1) is 15.0. The second kappa shape index (κ2) is 6.87. The van der Waals surface area contributed by atoms with Gasteiger partial charge in [0.05, 0.1) is 19.8 Å². The van der Waals surface area contributed by atoms with Crippen LogP contribution in [0.5, 0.6) is 0 Å². The molecule has 0 aromatic heterocycles. The lowest BCUT2D eigenvalue weighted by atomic mass is 10.1. The van der Waals surface area contributed by atoms with Crippen LogP contribution in [-0.4, -0.2) is 56.8 Å². The summed E-state index contributed by atoms with van der Waals surface area (Å²) in [5, 5.41) is 0. The first-order valence-corrected chi connectivity index (χ1v) is 8.00. The third kappa shape index (κ3) is 3.63. The number of morpholine rings is 1. The van der Waals surface area contributed by atoms with Gasteiger partial charge >= 0.3 is 0 Å². The molecule has 1 aromatic carbocycles. The van der Waals surface area contributed by atoms with Gasteiger partial charge in [-0.1, -0.05) is 15.9 Å². The van der Waals surface area contributed by atoms with Crippen LogP contribution in [0.3, 0.4) is 0 Å². The molecule has 0 N–H and O–H groups in total. The first-order valence-electron chi connectivity index (χ1n) is 7.21. The van der Waals surface area contributed by atoms with Crippen LogP contribution in [0, 0.1) is 0 Å². The number of ether oxygens (including phenoxy) is 2. The molecule has 0 unspecified atom stereocenters. The Morgan fingerprint density at radius 1 is 1.10 bits per heavy atom. The van der Waals surface area contributed by atoms with Crippen LogP contribution >= 0.6 is 15.9 Å². The number of benzene rings is 1. The van der Waals surface area contributed by atoms with Crippen molar-refractivity contribution < 1.29 is 14.3 Å². The Bertz CT molecular complexity index is 518. The molecule has 0 saturated carbocycles. The van der Waals surface area contributed by atoms with Crippen molar-refractivity contribution in [2.24, 2.45) is 0 Å². The average molecular weight is 355 g/mol. The summed E-state index contributed by atoms with van der Waals surface area (Å²) in [5.74, 6) is 0.0318. The monoisotopic (exact) mass is 354 g/mol. The summed E-state index contributed by atoms with van der Waals surface area (Å²) < 4.78 is 11.8. The van der Waals surface area contributed by atoms with Crippen molar-refractivity contribution in [3.63, 3.8) is 0 Å². The molecule has 0 atom stereocenters. The summed E-state index contributed by atoms with van der Waals surface area (Å²) in [7, 11) is 0. The highest BCUT2D eigenvalue weighted by molar-refractivity contribution is 9.10. The number of fused-ring (bicyclic) bond motifs is 1. The lowest BCUT2D eigenvalue weighted by Gasteiger charge is -2.30. The maximum absolute atomic E-state index is 12.3. The Hall–Kier alpha value is -0.950. The van der Waals surface area contributed by atoms with E-state index in [0.717, 1.165) is 48.6 Å². The van der Waals surface area contributed by atoms with E-state index >= 15 is 0 Å². The number of carbonyl (C=O) groups excluding carboxylic acids is 1. The fourth-order valence-corrected chi connectivity index (χ4v) is 3.11. The zero-order chi connectivity index (χ0) is 14.7. The minimum Gasteiger partial charge on any atom is -0.379 e. The molecule has 0 aliphatic carbocycles. The minimum absolute atomic E-state index is 0.0318. The molecule has 0 spiro atoms. The van der Waals surface area contributed by atoms with Gasteiger partial charge in [0, 0.05) is 41.9 Å². The van der Waals surface area contributed by atoms with Crippen molar-refractivity contribution in [1.29, 1.82) is 0 Å². The summed E-state index contributed by atoms with van der Waals surface area (Å²) in [6.07, 6.45) is 0. The van der Waals surface area contributed by atoms with Crippen LogP contribution in [0.25, 0.3) is 0 Å². The Balaban J connectivity index is 1.74. The molecular weight excluding hydrogens is 336 g/mol. The van der Waals surface area contributed by atoms with Gasteiger partial charge in [-0.3, -0.25) is 9.69 Å². The number of halogens is 1. The molecular formula is C15H19BrN2O3. The van der Waals surface area contributed by atoms with Crippen molar-refractivity contribution in [2.45, 2.75) is 6.61 Å². The maximum atomic E-state index is 12.3. The predicted molar refractivity (Wildman–Crippen MR) is 83.4 cm³/mol. The number of amides is 1. The van der Waals surface area contributed by atoms with Gasteiger partial charge < -0.3 is 14.4 Å². The summed E-state index contributed by atoms with van der Waals surface area (Å²) in [6, 6.07) is 5.99. The Morgan fingerprint density at radius 2 is 1.90 bits per heavy atom. The predicted octanol–water partition coefficient (Wildman–Crippen LogP) is 1.64. The Labute approximate surface area is 132 Å². The third-order valence-electron chi connectivity index (χ3n) is 3.86. The van der Waals surface area contributed by atoms with E-state index in [9.17, 15) is 4.79 Å². The van der Waals surface area contributed by atoms with Crippen LogP contribution < -0.4 is 4.90 Å². The Kier molecular flexibility index (Phi) is 4.90. The van der Waals surface area contributed by atoms with Crippen molar-refractivity contribution in [1.82, 2.24) is 4.90 Å². The second-order valence-corrected chi connectivity index (χ2v) is 6.18. The van der Waals surface area contributed by atoms with E-state index in [1.54, 1.807) is 0 Å². The van der Waals surface area contributed by atoms with Gasteiger partial charge in [-0.15, -0.1) is 0 Å². The van der Waals surface area contributed by atoms with Crippen LogP contribution in [0.1, 0.15) is 5.56 Å². The van der Waals surface area contributed by atoms with E-state index in [-0.39, 0.29) is 12.5 Å². The highest BCUT2D eigenvalue weighted by Crippen LogP contribution is 2.27. The van der Waals surface area contributed by atoms with Gasteiger partial charge in [-0.2, -0.15) is 0 Å². The molecule has 2 aliphatic heterocycles. The molecule has 0 bridgehead atoms. The van der Waals surface area contributed by atoms with Crippen molar-refractivity contribution in [2.75, 3.05) is 50.9 Å². The molecule has 1 fully saturated rings. The topological polar surface area (TPSA) is 42.0 Å². The van der Waals surface area contributed by atoms with E-state index < -0.39 is 0 Å². The molecule has 21 heavy (non-hydrogen) atoms. The molecule has 1 aromatic rings. The average Bonchev–Trinajstić information content (AvgIpc) is 2.64. The normalized spacial score (nSPS) is 20.2. The highest BCUT2D eigenvalue weighted by Gasteiger charge is 2.23. The number of hydrogen-bond donors (Lipinski definition) is 0. The minimum atomic E-state index is 0.0318. The van der Waals surface area contributed by atoms with Gasteiger partial charge in [0.2, 0.25) is 0 Å². The van der Waals surface area contributed by atoms with Gasteiger partial charge in [0.15, 0.2) is 0 Å². The van der Waals surface area contributed by atoms with Gasteiger partial charge in [0.25, 0.3) is 5.91 Å². The van der Waals surface area contributed by atoms with Gasteiger partial charge in [-0.05, 0) is 18.2 Å².